The highest BCUT2D eigenvalue weighted by Crippen LogP contribution is 2.13. The molecule has 0 spiro atoms. The lowest BCUT2D eigenvalue weighted by molar-refractivity contribution is 0.0992. The van der Waals surface area contributed by atoms with Crippen LogP contribution in [0.25, 0.3) is 0 Å². The summed E-state index contributed by atoms with van der Waals surface area (Å²) in [5.74, 6) is 0.792. The molecular weight excluding hydrogens is 216 g/mol. The molecule has 1 aromatic carbocycles. The molecule has 2 aromatic rings. The first kappa shape index (κ1) is 11.3. The van der Waals surface area contributed by atoms with Gasteiger partial charge < -0.3 is 4.74 Å². The van der Waals surface area contributed by atoms with Crippen molar-refractivity contribution in [3.8, 4) is 5.75 Å². The van der Waals surface area contributed by atoms with Crippen LogP contribution >= 0.6 is 0 Å². The Morgan fingerprint density at radius 3 is 2.41 bits per heavy atom. The van der Waals surface area contributed by atoms with Crippen molar-refractivity contribution in [3.05, 3.63) is 54.1 Å². The maximum atomic E-state index is 11.9. The van der Waals surface area contributed by atoms with Crippen LogP contribution in [0.15, 0.2) is 43.0 Å². The molecule has 0 fully saturated rings. The Kier molecular flexibility index (Phi) is 3.45. The van der Waals surface area contributed by atoms with Crippen molar-refractivity contribution in [1.29, 1.82) is 0 Å². The molecule has 0 saturated heterocycles. The summed E-state index contributed by atoms with van der Waals surface area (Å²) in [6, 6.07) is 7.43. The zero-order chi connectivity index (χ0) is 12.1. The zero-order valence-electron chi connectivity index (χ0n) is 9.46. The van der Waals surface area contributed by atoms with Gasteiger partial charge in [0.05, 0.1) is 12.7 Å². The molecule has 4 nitrogen and oxygen atoms in total. The molecule has 1 heterocycles. The zero-order valence-corrected chi connectivity index (χ0v) is 9.46. The molecule has 86 valence electrons. The lowest BCUT2D eigenvalue weighted by Gasteiger charge is -2.02. The summed E-state index contributed by atoms with van der Waals surface area (Å²) in [4.78, 5) is 19.5. The highest BCUT2D eigenvalue weighted by atomic mass is 16.5. The third-order valence-electron chi connectivity index (χ3n) is 2.41. The lowest BCUT2D eigenvalue weighted by atomic mass is 10.1. The van der Waals surface area contributed by atoms with Crippen LogP contribution in [0.2, 0.25) is 0 Å². The predicted octanol–water partition coefficient (Wildman–Crippen LogP) is 1.91. The summed E-state index contributed by atoms with van der Waals surface area (Å²) in [7, 11) is 1.61. The van der Waals surface area contributed by atoms with Crippen LogP contribution in [0.5, 0.6) is 5.75 Å². The second-order valence-electron chi connectivity index (χ2n) is 3.58. The number of Topliss-reactive ketones (excluding diaryl/α,β-unsaturated/α-hetero) is 1. The predicted molar refractivity (Wildman–Crippen MR) is 63.1 cm³/mol. The fraction of sp³-hybridized carbons (Fsp3) is 0.154. The van der Waals surface area contributed by atoms with E-state index in [4.69, 9.17) is 4.74 Å². The van der Waals surface area contributed by atoms with Crippen LogP contribution in [0.3, 0.4) is 0 Å². The van der Waals surface area contributed by atoms with Gasteiger partial charge in [0.25, 0.3) is 0 Å². The second kappa shape index (κ2) is 5.21. The number of hydrogen-bond donors (Lipinski definition) is 0. The van der Waals surface area contributed by atoms with Crippen LogP contribution in [-0.4, -0.2) is 22.9 Å². The van der Waals surface area contributed by atoms with E-state index in [0.717, 1.165) is 11.3 Å². The summed E-state index contributed by atoms with van der Waals surface area (Å²) < 4.78 is 5.05. The van der Waals surface area contributed by atoms with Gasteiger partial charge in [0.2, 0.25) is 0 Å². The molecule has 0 unspecified atom stereocenters. The first-order valence-electron chi connectivity index (χ1n) is 5.21. The van der Waals surface area contributed by atoms with Crippen LogP contribution in [-0.2, 0) is 6.42 Å². The highest BCUT2D eigenvalue weighted by Gasteiger charge is 2.07. The van der Waals surface area contributed by atoms with Crippen molar-refractivity contribution in [2.75, 3.05) is 7.11 Å². The summed E-state index contributed by atoms with van der Waals surface area (Å²) in [5, 5.41) is 0. The van der Waals surface area contributed by atoms with Gasteiger partial charge in [-0.1, -0.05) is 12.1 Å². The Morgan fingerprint density at radius 2 is 1.82 bits per heavy atom. The van der Waals surface area contributed by atoms with Gasteiger partial charge in [-0.2, -0.15) is 0 Å². The molecule has 1 aromatic heterocycles. The number of ether oxygens (including phenoxy) is 1. The van der Waals surface area contributed by atoms with E-state index in [2.05, 4.69) is 9.97 Å². The number of ketones is 1. The van der Waals surface area contributed by atoms with Crippen LogP contribution in [0, 0.1) is 0 Å². The number of carbonyl (C=O) groups is 1. The van der Waals surface area contributed by atoms with Gasteiger partial charge in [0, 0.05) is 18.8 Å². The number of rotatable bonds is 4. The molecule has 0 aliphatic rings. The van der Waals surface area contributed by atoms with Gasteiger partial charge in [0.1, 0.15) is 12.1 Å². The van der Waals surface area contributed by atoms with Crippen molar-refractivity contribution in [1.82, 2.24) is 9.97 Å². The quantitative estimate of drug-likeness (QED) is 0.750. The number of hydrogen-bond acceptors (Lipinski definition) is 4. The van der Waals surface area contributed by atoms with E-state index < -0.39 is 0 Å². The van der Waals surface area contributed by atoms with E-state index in [1.54, 1.807) is 7.11 Å². The van der Waals surface area contributed by atoms with Gasteiger partial charge in [-0.15, -0.1) is 0 Å². The minimum atomic E-state index is 0.00997. The number of benzene rings is 1. The molecule has 0 saturated carbocycles. The van der Waals surface area contributed by atoms with Gasteiger partial charge >= 0.3 is 0 Å². The average molecular weight is 228 g/mol. The second-order valence-corrected chi connectivity index (χ2v) is 3.58. The topological polar surface area (TPSA) is 52.1 Å². The van der Waals surface area contributed by atoms with E-state index in [-0.39, 0.29) is 5.78 Å². The number of methoxy groups -OCH3 is 1. The molecule has 17 heavy (non-hydrogen) atoms. The van der Waals surface area contributed by atoms with Crippen molar-refractivity contribution in [2.24, 2.45) is 0 Å². The van der Waals surface area contributed by atoms with Crippen molar-refractivity contribution in [3.63, 3.8) is 0 Å². The molecule has 0 aliphatic carbocycles. The smallest absolute Gasteiger partial charge is 0.170 e. The lowest BCUT2D eigenvalue weighted by Crippen LogP contribution is -2.04. The van der Waals surface area contributed by atoms with Crippen LogP contribution in [0.4, 0.5) is 0 Å². The minimum absolute atomic E-state index is 0.00997. The van der Waals surface area contributed by atoms with Gasteiger partial charge in [-0.05, 0) is 17.7 Å². The molecule has 0 radical (unpaired) electrons. The fourth-order valence-corrected chi connectivity index (χ4v) is 1.47. The Labute approximate surface area is 99.3 Å². The maximum Gasteiger partial charge on any atom is 0.170 e. The average Bonchev–Trinajstić information content (AvgIpc) is 2.40. The molecule has 4 heteroatoms. The minimum Gasteiger partial charge on any atom is -0.497 e. The van der Waals surface area contributed by atoms with Gasteiger partial charge in [0.15, 0.2) is 5.78 Å². The van der Waals surface area contributed by atoms with Crippen LogP contribution < -0.4 is 4.74 Å². The molecular formula is C13H12N2O2. The maximum absolute atomic E-state index is 11.9. The molecule has 0 bridgehead atoms. The van der Waals surface area contributed by atoms with E-state index in [1.807, 2.05) is 24.3 Å². The standard InChI is InChI=1S/C13H12N2O2/c1-17-12-4-2-10(3-5-12)6-13(16)11-7-14-9-15-8-11/h2-5,7-9H,6H2,1H3. The Balaban J connectivity index is 2.08. The number of nitrogens with zero attached hydrogens (tertiary/aromatic N) is 2. The summed E-state index contributed by atoms with van der Waals surface area (Å²) in [6.45, 7) is 0. The van der Waals surface area contributed by atoms with Crippen molar-refractivity contribution >= 4 is 5.78 Å². The van der Waals surface area contributed by atoms with Gasteiger partial charge in [-0.3, -0.25) is 4.79 Å². The van der Waals surface area contributed by atoms with E-state index in [9.17, 15) is 4.79 Å². The third kappa shape index (κ3) is 2.87. The molecule has 2 rings (SSSR count). The summed E-state index contributed by atoms with van der Waals surface area (Å²) in [6.07, 6.45) is 4.80. The highest BCUT2D eigenvalue weighted by molar-refractivity contribution is 5.96. The Morgan fingerprint density at radius 1 is 1.18 bits per heavy atom. The largest absolute Gasteiger partial charge is 0.497 e. The first-order chi connectivity index (χ1) is 8.29. The van der Waals surface area contributed by atoms with E-state index in [0.29, 0.717) is 12.0 Å². The van der Waals surface area contributed by atoms with Crippen LogP contribution in [0.1, 0.15) is 15.9 Å². The Hall–Kier alpha value is -2.23. The third-order valence-corrected chi connectivity index (χ3v) is 2.41. The molecule has 0 aliphatic heterocycles. The molecule has 0 N–H and O–H groups in total. The molecule has 0 amide bonds. The number of carbonyl (C=O) groups excluding carboxylic acids is 1. The fourth-order valence-electron chi connectivity index (χ4n) is 1.47. The SMILES string of the molecule is COc1ccc(CC(=O)c2cncnc2)cc1. The molecule has 0 atom stereocenters. The Bertz CT molecular complexity index is 495. The van der Waals surface area contributed by atoms with Crippen molar-refractivity contribution < 1.29 is 9.53 Å². The monoisotopic (exact) mass is 228 g/mol. The summed E-state index contributed by atoms with van der Waals surface area (Å²) in [5.41, 5.74) is 1.47. The van der Waals surface area contributed by atoms with Gasteiger partial charge in [-0.25, -0.2) is 9.97 Å². The first-order valence-corrected chi connectivity index (χ1v) is 5.21. The van der Waals surface area contributed by atoms with Crippen molar-refractivity contribution in [2.45, 2.75) is 6.42 Å². The number of aromatic nitrogens is 2. The normalized spacial score (nSPS) is 9.94. The van der Waals surface area contributed by atoms with E-state index >= 15 is 0 Å². The summed E-state index contributed by atoms with van der Waals surface area (Å²) >= 11 is 0. The van der Waals surface area contributed by atoms with E-state index in [1.165, 1.54) is 18.7 Å².